The van der Waals surface area contributed by atoms with Crippen LogP contribution in [0.15, 0.2) is 65.8 Å². The van der Waals surface area contributed by atoms with E-state index < -0.39 is 5.60 Å². The van der Waals surface area contributed by atoms with Gasteiger partial charge >= 0.3 is 0 Å². The van der Waals surface area contributed by atoms with Gasteiger partial charge in [0.15, 0.2) is 5.11 Å². The largest absolute Gasteiger partial charge is 0.489 e. The Hall–Kier alpha value is -3.16. The molecule has 1 aliphatic heterocycles. The number of nitrogens with zero attached hydrogens (tertiary/aromatic N) is 1. The third kappa shape index (κ3) is 5.85. The average Bonchev–Trinajstić information content (AvgIpc) is 2.79. The highest BCUT2D eigenvalue weighted by atomic mass is 35.5. The molecule has 5 nitrogen and oxygen atoms in total. The van der Waals surface area contributed by atoms with Gasteiger partial charge in [0.05, 0.1) is 5.71 Å². The number of thiocarbonyl (C=S) groups is 1. The van der Waals surface area contributed by atoms with Crippen molar-refractivity contribution in [2.24, 2.45) is 5.10 Å². The van der Waals surface area contributed by atoms with E-state index in [0.29, 0.717) is 28.9 Å². The number of rotatable bonds is 5. The number of ether oxygens (including phenoxy) is 2. The summed E-state index contributed by atoms with van der Waals surface area (Å²) in [7, 11) is 0. The van der Waals surface area contributed by atoms with Crippen LogP contribution >= 0.6 is 23.8 Å². The van der Waals surface area contributed by atoms with Gasteiger partial charge in [-0.1, -0.05) is 29.8 Å². The zero-order valence-corrected chi connectivity index (χ0v) is 20.7. The van der Waals surface area contributed by atoms with Crippen LogP contribution in [0.4, 0.5) is 10.1 Å². The molecular formula is C26H25ClFN3O2S. The highest BCUT2D eigenvalue weighted by Gasteiger charge is 2.31. The van der Waals surface area contributed by atoms with Gasteiger partial charge in [-0.15, -0.1) is 0 Å². The molecule has 0 unspecified atom stereocenters. The first-order valence-corrected chi connectivity index (χ1v) is 11.6. The van der Waals surface area contributed by atoms with Crippen LogP contribution in [-0.4, -0.2) is 16.4 Å². The number of nitrogens with one attached hydrogen (secondary N) is 2. The van der Waals surface area contributed by atoms with Gasteiger partial charge in [0.25, 0.3) is 0 Å². The fourth-order valence-electron chi connectivity index (χ4n) is 3.60. The lowest BCUT2D eigenvalue weighted by Gasteiger charge is -2.33. The van der Waals surface area contributed by atoms with E-state index in [0.717, 1.165) is 33.8 Å². The molecule has 3 aromatic carbocycles. The minimum atomic E-state index is -0.428. The molecule has 0 bridgehead atoms. The zero-order valence-electron chi connectivity index (χ0n) is 19.1. The van der Waals surface area contributed by atoms with E-state index in [2.05, 4.69) is 15.8 Å². The number of anilines is 1. The summed E-state index contributed by atoms with van der Waals surface area (Å²) >= 11 is 11.6. The first-order valence-electron chi connectivity index (χ1n) is 10.8. The van der Waals surface area contributed by atoms with E-state index in [4.69, 9.17) is 33.3 Å². The number of fused-ring (bicyclic) bond motifs is 1. The molecule has 0 aromatic heterocycles. The number of hydrogen-bond donors (Lipinski definition) is 2. The summed E-state index contributed by atoms with van der Waals surface area (Å²) in [5.41, 5.74) is 6.73. The van der Waals surface area contributed by atoms with Crippen LogP contribution in [-0.2, 0) is 6.61 Å². The maximum absolute atomic E-state index is 13.1. The first-order chi connectivity index (χ1) is 16.2. The lowest BCUT2D eigenvalue weighted by atomic mass is 9.92. The third-order valence-corrected chi connectivity index (χ3v) is 5.97. The quantitative estimate of drug-likeness (QED) is 0.306. The van der Waals surface area contributed by atoms with Gasteiger partial charge in [-0.2, -0.15) is 5.10 Å². The van der Waals surface area contributed by atoms with Crippen molar-refractivity contribution in [1.29, 1.82) is 0 Å². The molecule has 176 valence electrons. The maximum Gasteiger partial charge on any atom is 0.191 e. The van der Waals surface area contributed by atoms with E-state index in [1.807, 2.05) is 57.2 Å². The SMILES string of the molecule is Cc1c(Cl)cccc1NC(=S)N/N=C1\CC(C)(C)Oc2ccc(OCc3ccc(F)cc3)cc21. The average molecular weight is 498 g/mol. The van der Waals surface area contributed by atoms with Gasteiger partial charge in [0.1, 0.15) is 29.5 Å². The molecule has 34 heavy (non-hydrogen) atoms. The Balaban J connectivity index is 1.51. The lowest BCUT2D eigenvalue weighted by molar-refractivity contribution is 0.111. The molecule has 4 rings (SSSR count). The molecule has 1 heterocycles. The van der Waals surface area contributed by atoms with Gasteiger partial charge < -0.3 is 14.8 Å². The van der Waals surface area contributed by atoms with Crippen molar-refractivity contribution in [3.8, 4) is 11.5 Å². The van der Waals surface area contributed by atoms with Crippen LogP contribution in [0.2, 0.25) is 5.02 Å². The van der Waals surface area contributed by atoms with Crippen molar-refractivity contribution in [2.75, 3.05) is 5.32 Å². The summed E-state index contributed by atoms with van der Waals surface area (Å²) in [5.74, 6) is 1.11. The molecule has 8 heteroatoms. The normalized spacial score (nSPS) is 15.3. The molecular weight excluding hydrogens is 473 g/mol. The van der Waals surface area contributed by atoms with E-state index in [1.165, 1.54) is 12.1 Å². The summed E-state index contributed by atoms with van der Waals surface area (Å²) in [4.78, 5) is 0. The molecule has 0 atom stereocenters. The Labute approximate surface area is 208 Å². The molecule has 0 fully saturated rings. The van der Waals surface area contributed by atoms with E-state index >= 15 is 0 Å². The standard InChI is InChI=1S/C26H25ClFN3O2S/c1-16-21(27)5-4-6-22(16)29-25(34)31-30-23-14-26(2,3)33-24-12-11-19(13-20(23)24)32-15-17-7-9-18(28)10-8-17/h4-13H,14-15H2,1-3H3,(H2,29,31,34)/b30-23+. The third-order valence-electron chi connectivity index (χ3n) is 5.37. The van der Waals surface area contributed by atoms with Crippen LogP contribution in [0.3, 0.4) is 0 Å². The molecule has 0 radical (unpaired) electrons. The second-order valence-electron chi connectivity index (χ2n) is 8.65. The van der Waals surface area contributed by atoms with Crippen molar-refractivity contribution >= 4 is 40.3 Å². The Morgan fingerprint density at radius 2 is 1.94 bits per heavy atom. The predicted octanol–water partition coefficient (Wildman–Crippen LogP) is 6.62. The minimum absolute atomic E-state index is 0.274. The summed E-state index contributed by atoms with van der Waals surface area (Å²) in [6.45, 7) is 6.26. The fourth-order valence-corrected chi connectivity index (χ4v) is 3.93. The van der Waals surface area contributed by atoms with E-state index in [9.17, 15) is 4.39 Å². The Morgan fingerprint density at radius 1 is 1.18 bits per heavy atom. The van der Waals surface area contributed by atoms with Gasteiger partial charge in [-0.3, -0.25) is 5.43 Å². The molecule has 0 amide bonds. The van der Waals surface area contributed by atoms with Crippen molar-refractivity contribution in [3.63, 3.8) is 0 Å². The highest BCUT2D eigenvalue weighted by molar-refractivity contribution is 7.80. The van der Waals surface area contributed by atoms with Crippen molar-refractivity contribution in [2.45, 2.75) is 39.4 Å². The lowest BCUT2D eigenvalue weighted by Crippen LogP contribution is -2.37. The summed E-state index contributed by atoms with van der Waals surface area (Å²) in [6.07, 6.45) is 0.577. The first kappa shape index (κ1) is 24.0. The molecule has 0 spiro atoms. The molecule has 1 aliphatic rings. The van der Waals surface area contributed by atoms with Crippen molar-refractivity contribution < 1.29 is 13.9 Å². The highest BCUT2D eigenvalue weighted by Crippen LogP contribution is 2.35. The second-order valence-corrected chi connectivity index (χ2v) is 9.46. The monoisotopic (exact) mass is 497 g/mol. The smallest absolute Gasteiger partial charge is 0.191 e. The number of hydrogen-bond acceptors (Lipinski definition) is 4. The molecule has 0 aliphatic carbocycles. The Morgan fingerprint density at radius 3 is 2.71 bits per heavy atom. The number of halogens is 2. The van der Waals surface area contributed by atoms with Crippen LogP contribution in [0.25, 0.3) is 0 Å². The molecule has 0 saturated heterocycles. The summed E-state index contributed by atoms with van der Waals surface area (Å²) in [6, 6.07) is 17.4. The van der Waals surface area contributed by atoms with Gasteiger partial charge in [0.2, 0.25) is 0 Å². The van der Waals surface area contributed by atoms with Crippen molar-refractivity contribution in [1.82, 2.24) is 5.43 Å². The number of hydrazone groups is 1. The van der Waals surface area contributed by atoms with Gasteiger partial charge in [0, 0.05) is 22.7 Å². The second kappa shape index (κ2) is 9.99. The van der Waals surface area contributed by atoms with Crippen LogP contribution < -0.4 is 20.2 Å². The molecule has 0 saturated carbocycles. The Kier molecular flexibility index (Phi) is 7.05. The van der Waals surface area contributed by atoms with Crippen LogP contribution in [0.5, 0.6) is 11.5 Å². The topological polar surface area (TPSA) is 54.9 Å². The van der Waals surface area contributed by atoms with E-state index in [-0.39, 0.29) is 5.82 Å². The van der Waals surface area contributed by atoms with Crippen LogP contribution in [0, 0.1) is 12.7 Å². The molecule has 2 N–H and O–H groups in total. The van der Waals surface area contributed by atoms with Gasteiger partial charge in [-0.25, -0.2) is 4.39 Å². The van der Waals surface area contributed by atoms with Crippen LogP contribution in [0.1, 0.15) is 37.0 Å². The Bertz CT molecular complexity index is 1250. The summed E-state index contributed by atoms with van der Waals surface area (Å²) < 4.78 is 25.2. The minimum Gasteiger partial charge on any atom is -0.489 e. The number of benzene rings is 3. The van der Waals surface area contributed by atoms with Crippen molar-refractivity contribution in [3.05, 3.63) is 88.2 Å². The zero-order chi connectivity index (χ0) is 24.3. The summed E-state index contributed by atoms with van der Waals surface area (Å²) in [5, 5.41) is 8.74. The van der Waals surface area contributed by atoms with E-state index in [1.54, 1.807) is 12.1 Å². The molecule has 3 aromatic rings. The maximum atomic E-state index is 13.1. The predicted molar refractivity (Wildman–Crippen MR) is 139 cm³/mol. The fraction of sp³-hybridized carbons (Fsp3) is 0.231. The van der Waals surface area contributed by atoms with Gasteiger partial charge in [-0.05, 0) is 86.6 Å².